The smallest absolute Gasteiger partial charge is 0.184 e. The normalized spacial score (nSPS) is 14.0. The summed E-state index contributed by atoms with van der Waals surface area (Å²) < 4.78 is 19.9. The van der Waals surface area contributed by atoms with E-state index in [0.717, 1.165) is 10.0 Å². The zero-order chi connectivity index (χ0) is 10.8. The number of hydrogen-bond acceptors (Lipinski definition) is 1. The molecule has 0 spiro atoms. The van der Waals surface area contributed by atoms with Crippen LogP contribution in [0.2, 0.25) is 0 Å². The van der Waals surface area contributed by atoms with E-state index in [9.17, 15) is 4.21 Å². The Bertz CT molecular complexity index is 337. The molecule has 0 aliphatic carbocycles. The molecule has 0 radical (unpaired) electrons. The molecule has 0 aliphatic heterocycles. The van der Waals surface area contributed by atoms with E-state index in [-0.39, 0.29) is 0 Å². The standard InChI is InChI=1S/C8H7Br3O2S/c9-7-3-1-6(2-4-7)5-8(10,11)14(12)13/h1-4H,5H2,(H,12,13). The van der Waals surface area contributed by atoms with Crippen LogP contribution in [0.25, 0.3) is 0 Å². The van der Waals surface area contributed by atoms with Gasteiger partial charge in [0.1, 0.15) is 0 Å². The van der Waals surface area contributed by atoms with Crippen LogP contribution in [0.1, 0.15) is 5.56 Å². The van der Waals surface area contributed by atoms with Crippen LogP contribution in [-0.2, 0) is 17.5 Å². The Kier molecular flexibility index (Phi) is 4.77. The topological polar surface area (TPSA) is 37.3 Å². The molecule has 0 fully saturated rings. The van der Waals surface area contributed by atoms with Crippen molar-refractivity contribution in [1.82, 2.24) is 0 Å². The fourth-order valence-electron chi connectivity index (χ4n) is 0.902. The number of rotatable bonds is 3. The zero-order valence-electron chi connectivity index (χ0n) is 6.91. The average molecular weight is 407 g/mol. The van der Waals surface area contributed by atoms with Crippen molar-refractivity contribution in [2.24, 2.45) is 0 Å². The molecule has 0 aliphatic rings. The summed E-state index contributed by atoms with van der Waals surface area (Å²) in [4.78, 5) is 0. The maximum Gasteiger partial charge on any atom is 0.184 e. The molecule has 2 nitrogen and oxygen atoms in total. The Labute approximate surface area is 110 Å². The summed E-state index contributed by atoms with van der Waals surface area (Å²) >= 11 is 7.67. The second-order valence-electron chi connectivity index (χ2n) is 2.69. The summed E-state index contributed by atoms with van der Waals surface area (Å²) in [6.07, 6.45) is 0.434. The zero-order valence-corrected chi connectivity index (χ0v) is 12.5. The Balaban J connectivity index is 2.79. The molecule has 1 atom stereocenters. The van der Waals surface area contributed by atoms with Gasteiger partial charge in [0.2, 0.25) is 0 Å². The van der Waals surface area contributed by atoms with E-state index in [1.54, 1.807) is 0 Å². The van der Waals surface area contributed by atoms with Crippen molar-refractivity contribution in [3.63, 3.8) is 0 Å². The molecule has 14 heavy (non-hydrogen) atoms. The Morgan fingerprint density at radius 3 is 2.21 bits per heavy atom. The molecule has 1 N–H and O–H groups in total. The molecule has 0 bridgehead atoms. The second kappa shape index (κ2) is 5.21. The van der Waals surface area contributed by atoms with Gasteiger partial charge < -0.3 is 4.55 Å². The van der Waals surface area contributed by atoms with Crippen LogP contribution in [0.4, 0.5) is 0 Å². The van der Waals surface area contributed by atoms with Gasteiger partial charge in [-0.2, -0.15) is 0 Å². The molecule has 0 aromatic heterocycles. The predicted molar refractivity (Wildman–Crippen MR) is 69.2 cm³/mol. The van der Waals surface area contributed by atoms with Gasteiger partial charge in [0.25, 0.3) is 0 Å². The third kappa shape index (κ3) is 3.73. The largest absolute Gasteiger partial charge is 0.304 e. The van der Waals surface area contributed by atoms with Crippen LogP contribution in [0.5, 0.6) is 0 Å². The van der Waals surface area contributed by atoms with Crippen molar-refractivity contribution in [2.75, 3.05) is 0 Å². The van der Waals surface area contributed by atoms with Crippen LogP contribution >= 0.6 is 47.8 Å². The van der Waals surface area contributed by atoms with E-state index < -0.39 is 13.6 Å². The van der Waals surface area contributed by atoms with Gasteiger partial charge in [-0.3, -0.25) is 0 Å². The molecule has 1 aromatic rings. The van der Waals surface area contributed by atoms with Crippen molar-refractivity contribution in [3.05, 3.63) is 34.3 Å². The fourth-order valence-corrected chi connectivity index (χ4v) is 2.10. The summed E-state index contributed by atoms with van der Waals surface area (Å²) in [5.41, 5.74) is 0.976. The Hall–Kier alpha value is 0.770. The maximum atomic E-state index is 10.9. The third-order valence-electron chi connectivity index (χ3n) is 1.58. The molecule has 0 saturated heterocycles. The summed E-state index contributed by atoms with van der Waals surface area (Å²) in [5, 5.41) is 0. The molecule has 6 heteroatoms. The second-order valence-corrected chi connectivity index (χ2v) is 9.62. The highest BCUT2D eigenvalue weighted by atomic mass is 79.9. The minimum Gasteiger partial charge on any atom is -0.304 e. The number of alkyl halides is 2. The maximum absolute atomic E-state index is 10.9. The van der Waals surface area contributed by atoms with Gasteiger partial charge in [0.05, 0.1) is 0 Å². The third-order valence-corrected chi connectivity index (χ3v) is 4.99. The van der Waals surface area contributed by atoms with Gasteiger partial charge in [-0.15, -0.1) is 0 Å². The van der Waals surface area contributed by atoms with E-state index in [1.165, 1.54) is 0 Å². The minimum atomic E-state index is -1.96. The number of halogens is 3. The predicted octanol–water partition coefficient (Wildman–Crippen LogP) is 3.66. The highest BCUT2D eigenvalue weighted by Gasteiger charge is 2.30. The summed E-state index contributed by atoms with van der Waals surface area (Å²) in [5.74, 6) is 0. The molecule has 0 saturated carbocycles. The highest BCUT2D eigenvalue weighted by Crippen LogP contribution is 2.33. The van der Waals surface area contributed by atoms with Crippen LogP contribution in [0.15, 0.2) is 28.7 Å². The van der Waals surface area contributed by atoms with Gasteiger partial charge >= 0.3 is 0 Å². The molecular weight excluding hydrogens is 400 g/mol. The van der Waals surface area contributed by atoms with Crippen molar-refractivity contribution >= 4 is 58.9 Å². The molecule has 1 unspecified atom stereocenters. The SMILES string of the molecule is O=S(O)C(Br)(Br)Cc1ccc(Br)cc1. The Morgan fingerprint density at radius 2 is 1.79 bits per heavy atom. The molecule has 0 amide bonds. The van der Waals surface area contributed by atoms with E-state index in [1.807, 2.05) is 24.3 Å². The lowest BCUT2D eigenvalue weighted by atomic mass is 10.2. The first kappa shape index (κ1) is 12.8. The first-order valence-corrected chi connectivity index (χ1v) is 7.13. The molecule has 78 valence electrons. The first-order valence-electron chi connectivity index (χ1n) is 3.65. The van der Waals surface area contributed by atoms with Crippen LogP contribution < -0.4 is 0 Å². The minimum absolute atomic E-state index is 0.434. The molecule has 0 heterocycles. The van der Waals surface area contributed by atoms with Gasteiger partial charge in [0.15, 0.2) is 13.6 Å². The van der Waals surface area contributed by atoms with Gasteiger partial charge in [-0.25, -0.2) is 4.21 Å². The van der Waals surface area contributed by atoms with E-state index in [0.29, 0.717) is 6.42 Å². The van der Waals surface area contributed by atoms with E-state index >= 15 is 0 Å². The Morgan fingerprint density at radius 1 is 1.29 bits per heavy atom. The monoisotopic (exact) mass is 404 g/mol. The van der Waals surface area contributed by atoms with Gasteiger partial charge in [-0.1, -0.05) is 59.9 Å². The van der Waals surface area contributed by atoms with Gasteiger partial charge in [-0.05, 0) is 17.7 Å². The summed E-state index contributed by atoms with van der Waals surface area (Å²) in [6.45, 7) is 0. The van der Waals surface area contributed by atoms with Crippen molar-refractivity contribution in [2.45, 2.75) is 8.99 Å². The molecule has 1 rings (SSSR count). The van der Waals surface area contributed by atoms with E-state index in [4.69, 9.17) is 4.55 Å². The van der Waals surface area contributed by atoms with Gasteiger partial charge in [0, 0.05) is 10.9 Å². The lowest BCUT2D eigenvalue weighted by Gasteiger charge is -2.15. The van der Waals surface area contributed by atoms with Crippen molar-refractivity contribution < 1.29 is 8.76 Å². The summed E-state index contributed by atoms with van der Waals surface area (Å²) in [6, 6.07) is 7.58. The number of benzene rings is 1. The molecule has 1 aromatic carbocycles. The quantitative estimate of drug-likeness (QED) is 0.614. The highest BCUT2D eigenvalue weighted by molar-refractivity contribution is 9.27. The average Bonchev–Trinajstić information content (AvgIpc) is 2.08. The lowest BCUT2D eigenvalue weighted by molar-refractivity contribution is 0.558. The molecular formula is C8H7Br3O2S. The van der Waals surface area contributed by atoms with Crippen LogP contribution in [0, 0.1) is 0 Å². The van der Waals surface area contributed by atoms with Crippen LogP contribution in [-0.4, -0.2) is 11.3 Å². The van der Waals surface area contributed by atoms with Crippen molar-refractivity contribution in [1.29, 1.82) is 0 Å². The number of hydrogen-bond donors (Lipinski definition) is 1. The van der Waals surface area contributed by atoms with E-state index in [2.05, 4.69) is 47.8 Å². The lowest BCUT2D eigenvalue weighted by Crippen LogP contribution is -2.21. The fraction of sp³-hybridized carbons (Fsp3) is 0.250. The van der Waals surface area contributed by atoms with Crippen molar-refractivity contribution in [3.8, 4) is 0 Å². The summed E-state index contributed by atoms with van der Waals surface area (Å²) in [7, 11) is 0. The first-order chi connectivity index (χ1) is 6.42. The van der Waals surface area contributed by atoms with Crippen LogP contribution in [0.3, 0.4) is 0 Å².